The highest BCUT2D eigenvalue weighted by atomic mass is 35.5. The molecular formula is C5H13ClN2O2S. The fourth-order valence-corrected chi connectivity index (χ4v) is 0.781. The van der Waals surface area contributed by atoms with Crippen molar-refractivity contribution in [2.24, 2.45) is 5.73 Å². The van der Waals surface area contributed by atoms with Crippen LogP contribution in [0.15, 0.2) is 0 Å². The summed E-state index contributed by atoms with van der Waals surface area (Å²) in [6, 6.07) is -0.650. The lowest BCUT2D eigenvalue weighted by Gasteiger charge is -2.13. The summed E-state index contributed by atoms with van der Waals surface area (Å²) in [5, 5.41) is 11.1. The maximum Gasteiger partial charge on any atom is 0.321 e. The molecule has 2 atom stereocenters. The minimum atomic E-state index is -0.924. The van der Waals surface area contributed by atoms with Crippen molar-refractivity contribution in [2.45, 2.75) is 19.1 Å². The number of halogens is 1. The molecule has 0 bridgehead atoms. The van der Waals surface area contributed by atoms with Crippen LogP contribution in [0.2, 0.25) is 0 Å². The van der Waals surface area contributed by atoms with Crippen LogP contribution >= 0.6 is 25.0 Å². The van der Waals surface area contributed by atoms with Crippen molar-refractivity contribution < 1.29 is 9.90 Å². The second-order valence-electron chi connectivity index (χ2n) is 2.03. The average molecular weight is 201 g/mol. The summed E-state index contributed by atoms with van der Waals surface area (Å²) >= 11 is 3.83. The van der Waals surface area contributed by atoms with E-state index in [2.05, 4.69) is 17.9 Å². The van der Waals surface area contributed by atoms with Gasteiger partial charge in [-0.3, -0.25) is 10.1 Å². The molecule has 0 aliphatic carbocycles. The minimum absolute atomic E-state index is 0. The zero-order valence-corrected chi connectivity index (χ0v) is 7.86. The van der Waals surface area contributed by atoms with Crippen molar-refractivity contribution in [2.75, 3.05) is 5.75 Å². The molecule has 4 nitrogen and oxygen atoms in total. The molecule has 0 heterocycles. The molecule has 0 radical (unpaired) electrons. The van der Waals surface area contributed by atoms with Gasteiger partial charge >= 0.3 is 5.97 Å². The Hall–Kier alpha value is 0.0300. The summed E-state index contributed by atoms with van der Waals surface area (Å²) < 4.78 is 0. The number of carboxylic acid groups (broad SMARTS) is 1. The number of nitrogens with two attached hydrogens (primary N) is 1. The number of carbonyl (C=O) groups is 1. The Labute approximate surface area is 77.4 Å². The maximum absolute atomic E-state index is 10.3. The molecule has 0 saturated heterocycles. The van der Waals surface area contributed by atoms with Gasteiger partial charge in [0.05, 0.1) is 6.17 Å². The van der Waals surface area contributed by atoms with Gasteiger partial charge < -0.3 is 10.8 Å². The van der Waals surface area contributed by atoms with Crippen molar-refractivity contribution >= 4 is 31.0 Å². The third-order valence-corrected chi connectivity index (χ3v) is 1.31. The highest BCUT2D eigenvalue weighted by Gasteiger charge is 2.15. The second kappa shape index (κ2) is 6.72. The van der Waals surface area contributed by atoms with Crippen molar-refractivity contribution in [3.63, 3.8) is 0 Å². The molecule has 0 aliphatic heterocycles. The third-order valence-electron chi connectivity index (χ3n) is 0.945. The van der Waals surface area contributed by atoms with Crippen LogP contribution in [0.4, 0.5) is 0 Å². The van der Waals surface area contributed by atoms with Crippen LogP contribution in [0.5, 0.6) is 0 Å². The molecule has 0 aromatic carbocycles. The standard InChI is InChI=1S/C5H12N2O2S.ClH/c1-3(6)7-4(2-10)5(8)9;/h3-4,7,10H,2,6H2,1H3,(H,8,9);1H/t3?,4-;/m0./s1. The largest absolute Gasteiger partial charge is 0.480 e. The SMILES string of the molecule is CC(N)N[C@@H](CS)C(=O)O.Cl. The van der Waals surface area contributed by atoms with Crippen LogP contribution in [0, 0.1) is 0 Å². The van der Waals surface area contributed by atoms with Crippen molar-refractivity contribution in [1.29, 1.82) is 0 Å². The van der Waals surface area contributed by atoms with Gasteiger partial charge in [-0.1, -0.05) is 0 Å². The first-order valence-corrected chi connectivity index (χ1v) is 3.56. The zero-order chi connectivity index (χ0) is 8.15. The second-order valence-corrected chi connectivity index (χ2v) is 2.39. The monoisotopic (exact) mass is 200 g/mol. The number of carboxylic acids is 1. The number of hydrogen-bond acceptors (Lipinski definition) is 4. The van der Waals surface area contributed by atoms with Gasteiger partial charge in [-0.2, -0.15) is 12.6 Å². The predicted molar refractivity (Wildman–Crippen MR) is 49.3 cm³/mol. The Kier molecular flexibility index (Phi) is 8.32. The summed E-state index contributed by atoms with van der Waals surface area (Å²) in [5.74, 6) is -0.677. The van der Waals surface area contributed by atoms with Gasteiger partial charge in [0, 0.05) is 5.75 Å². The summed E-state index contributed by atoms with van der Waals surface area (Å²) in [6.07, 6.45) is -0.312. The van der Waals surface area contributed by atoms with E-state index in [0.717, 1.165) is 0 Å². The minimum Gasteiger partial charge on any atom is -0.480 e. The van der Waals surface area contributed by atoms with Gasteiger partial charge in [-0.15, -0.1) is 12.4 Å². The van der Waals surface area contributed by atoms with Crippen LogP contribution in [0.1, 0.15) is 6.92 Å². The Morgan fingerprint density at radius 3 is 2.36 bits per heavy atom. The lowest BCUT2D eigenvalue weighted by Crippen LogP contribution is -2.47. The van der Waals surface area contributed by atoms with Gasteiger partial charge in [0.1, 0.15) is 6.04 Å². The number of thiol groups is 1. The molecule has 0 amide bonds. The number of rotatable bonds is 4. The highest BCUT2D eigenvalue weighted by molar-refractivity contribution is 7.80. The molecule has 6 heteroatoms. The van der Waals surface area contributed by atoms with Crippen LogP contribution in [0.3, 0.4) is 0 Å². The molecule has 4 N–H and O–H groups in total. The summed E-state index contributed by atoms with van der Waals surface area (Å²) in [4.78, 5) is 10.3. The first kappa shape index (κ1) is 13.6. The highest BCUT2D eigenvalue weighted by Crippen LogP contribution is 1.88. The molecule has 1 unspecified atom stereocenters. The van der Waals surface area contributed by atoms with Crippen LogP contribution in [-0.4, -0.2) is 29.0 Å². The molecule has 0 aliphatic rings. The molecule has 0 fully saturated rings. The topological polar surface area (TPSA) is 75.3 Å². The van der Waals surface area contributed by atoms with Gasteiger partial charge in [0.2, 0.25) is 0 Å². The molecule has 68 valence electrons. The molecule has 0 rings (SSSR count). The van der Waals surface area contributed by atoms with Crippen LogP contribution in [0.25, 0.3) is 0 Å². The first-order chi connectivity index (χ1) is 4.57. The van der Waals surface area contributed by atoms with E-state index in [0.29, 0.717) is 0 Å². The molecule has 11 heavy (non-hydrogen) atoms. The lowest BCUT2D eigenvalue weighted by atomic mass is 10.3. The van der Waals surface area contributed by atoms with Gasteiger partial charge in [0.15, 0.2) is 0 Å². The predicted octanol–water partition coefficient (Wildman–Crippen LogP) is -0.315. The van der Waals surface area contributed by atoms with Gasteiger partial charge in [-0.25, -0.2) is 0 Å². The molecule has 0 aromatic rings. The smallest absolute Gasteiger partial charge is 0.321 e. The van der Waals surface area contributed by atoms with Crippen molar-refractivity contribution in [1.82, 2.24) is 5.32 Å². The fourth-order valence-electron chi connectivity index (χ4n) is 0.519. The van der Waals surface area contributed by atoms with Crippen LogP contribution < -0.4 is 11.1 Å². The molecule has 0 saturated carbocycles. The van der Waals surface area contributed by atoms with Crippen molar-refractivity contribution in [3.05, 3.63) is 0 Å². The Balaban J connectivity index is 0. The third kappa shape index (κ3) is 6.43. The lowest BCUT2D eigenvalue weighted by molar-refractivity contribution is -0.139. The van der Waals surface area contributed by atoms with E-state index < -0.39 is 12.0 Å². The molecule has 0 aromatic heterocycles. The van der Waals surface area contributed by atoms with Gasteiger partial charge in [-0.05, 0) is 6.92 Å². The van der Waals surface area contributed by atoms with Crippen molar-refractivity contribution in [3.8, 4) is 0 Å². The summed E-state index contributed by atoms with van der Waals surface area (Å²) in [7, 11) is 0. The maximum atomic E-state index is 10.3. The van der Waals surface area contributed by atoms with E-state index in [-0.39, 0.29) is 24.3 Å². The normalized spacial score (nSPS) is 14.8. The van der Waals surface area contributed by atoms with Gasteiger partial charge in [0.25, 0.3) is 0 Å². The Morgan fingerprint density at radius 1 is 1.82 bits per heavy atom. The fraction of sp³-hybridized carbons (Fsp3) is 0.800. The number of nitrogens with one attached hydrogen (secondary N) is 1. The quantitative estimate of drug-likeness (QED) is 0.371. The molecular weight excluding hydrogens is 188 g/mol. The first-order valence-electron chi connectivity index (χ1n) is 2.93. The van der Waals surface area contributed by atoms with E-state index in [4.69, 9.17) is 10.8 Å². The van der Waals surface area contributed by atoms with E-state index in [1.54, 1.807) is 6.92 Å². The van der Waals surface area contributed by atoms with E-state index in [1.165, 1.54) is 0 Å². The van der Waals surface area contributed by atoms with E-state index >= 15 is 0 Å². The Morgan fingerprint density at radius 2 is 2.27 bits per heavy atom. The van der Waals surface area contributed by atoms with E-state index in [1.807, 2.05) is 0 Å². The summed E-state index contributed by atoms with van der Waals surface area (Å²) in [5.41, 5.74) is 5.30. The number of hydrogen-bond donors (Lipinski definition) is 4. The Bertz CT molecular complexity index is 123. The zero-order valence-electron chi connectivity index (χ0n) is 6.15. The average Bonchev–Trinajstić information content (AvgIpc) is 1.81. The molecule has 0 spiro atoms. The van der Waals surface area contributed by atoms with E-state index in [9.17, 15) is 4.79 Å². The summed E-state index contributed by atoms with van der Waals surface area (Å²) in [6.45, 7) is 1.68. The number of aliphatic carboxylic acids is 1. The van der Waals surface area contributed by atoms with Crippen LogP contribution in [-0.2, 0) is 4.79 Å².